The highest BCUT2D eigenvalue weighted by atomic mass is 16.6. The number of rotatable bonds is 5. The molecule has 0 spiro atoms. The molecule has 0 unspecified atom stereocenters. The Bertz CT molecular complexity index is 1070. The van der Waals surface area contributed by atoms with Crippen molar-refractivity contribution >= 4 is 47.2 Å². The normalized spacial score (nSPS) is 15.9. The molecule has 1 heterocycles. The van der Waals surface area contributed by atoms with Crippen molar-refractivity contribution in [2.75, 3.05) is 30.3 Å². The monoisotopic (exact) mass is 461 g/mol. The zero-order chi connectivity index (χ0) is 24.7. The minimum Gasteiger partial charge on any atom is -0.450 e. The van der Waals surface area contributed by atoms with E-state index in [1.54, 1.807) is 67.6 Å². The van der Waals surface area contributed by atoms with Gasteiger partial charge in [-0.15, -0.1) is 0 Å². The third-order valence-electron chi connectivity index (χ3n) is 4.98. The summed E-state index contributed by atoms with van der Waals surface area (Å²) in [6.07, 6.45) is 2.98. The first kappa shape index (κ1) is 24.4. The first-order chi connectivity index (χ1) is 16.2. The van der Waals surface area contributed by atoms with Gasteiger partial charge in [0.15, 0.2) is 5.78 Å². The molecule has 2 aromatic carbocycles. The number of piperidine rings is 1. The molecule has 2 N–H and O–H groups in total. The number of nitrogens with zero attached hydrogens (tertiary/aromatic N) is 1. The van der Waals surface area contributed by atoms with Crippen LogP contribution in [0.2, 0.25) is 0 Å². The van der Waals surface area contributed by atoms with Gasteiger partial charge in [-0.2, -0.15) is 0 Å². The van der Waals surface area contributed by atoms with E-state index in [0.717, 1.165) is 11.1 Å². The second-order valence-corrected chi connectivity index (χ2v) is 7.83. The van der Waals surface area contributed by atoms with E-state index in [-0.39, 0.29) is 37.3 Å². The van der Waals surface area contributed by atoms with Crippen LogP contribution in [0.5, 0.6) is 0 Å². The van der Waals surface area contributed by atoms with E-state index >= 15 is 0 Å². The number of benzene rings is 2. The third-order valence-corrected chi connectivity index (χ3v) is 4.98. The van der Waals surface area contributed by atoms with Gasteiger partial charge in [-0.25, -0.2) is 4.79 Å². The highest BCUT2D eigenvalue weighted by Crippen LogP contribution is 2.24. The molecule has 0 bridgehead atoms. The highest BCUT2D eigenvalue weighted by Gasteiger charge is 2.29. The van der Waals surface area contributed by atoms with Gasteiger partial charge >= 0.3 is 6.09 Å². The van der Waals surface area contributed by atoms with Crippen LogP contribution in [0, 0.1) is 0 Å². The first-order valence-corrected chi connectivity index (χ1v) is 10.9. The predicted octanol–water partition coefficient (Wildman–Crippen LogP) is 4.11. The fourth-order valence-electron chi connectivity index (χ4n) is 3.52. The number of likely N-dealkylation sites (tertiary alicyclic amines) is 1. The molecule has 0 atom stereocenters. The van der Waals surface area contributed by atoms with E-state index in [2.05, 4.69) is 10.6 Å². The van der Waals surface area contributed by atoms with Gasteiger partial charge in [-0.1, -0.05) is 24.3 Å². The summed E-state index contributed by atoms with van der Waals surface area (Å²) >= 11 is 0. The molecule has 176 valence electrons. The number of hydrogen-bond donors (Lipinski definition) is 2. The number of ether oxygens (including phenoxy) is 1. The average molecular weight is 462 g/mol. The van der Waals surface area contributed by atoms with E-state index in [4.69, 9.17) is 4.74 Å². The van der Waals surface area contributed by atoms with E-state index in [0.29, 0.717) is 22.5 Å². The number of anilines is 2. The molecular formula is C26H27N3O5. The van der Waals surface area contributed by atoms with Crippen LogP contribution >= 0.6 is 0 Å². The number of hydrogen-bond acceptors (Lipinski definition) is 5. The van der Waals surface area contributed by atoms with Crippen LogP contribution in [0.15, 0.2) is 59.7 Å². The quantitative estimate of drug-likeness (QED) is 0.652. The summed E-state index contributed by atoms with van der Waals surface area (Å²) in [7, 11) is 0. The topological polar surface area (TPSA) is 105 Å². The molecule has 2 aromatic rings. The van der Waals surface area contributed by atoms with Crippen LogP contribution < -0.4 is 10.6 Å². The lowest BCUT2D eigenvalue weighted by Gasteiger charge is -2.29. The van der Waals surface area contributed by atoms with Crippen molar-refractivity contribution in [2.24, 2.45) is 0 Å². The molecule has 3 rings (SSSR count). The number of nitrogens with one attached hydrogen (secondary N) is 2. The van der Waals surface area contributed by atoms with Crippen molar-refractivity contribution in [2.45, 2.75) is 20.8 Å². The minimum absolute atomic E-state index is 0.129. The third kappa shape index (κ3) is 6.65. The smallest absolute Gasteiger partial charge is 0.410 e. The van der Waals surface area contributed by atoms with Crippen LogP contribution in [0.1, 0.15) is 31.9 Å². The summed E-state index contributed by atoms with van der Waals surface area (Å²) in [6, 6.07) is 14.2. The van der Waals surface area contributed by atoms with E-state index in [9.17, 15) is 19.2 Å². The maximum Gasteiger partial charge on any atom is 0.410 e. The van der Waals surface area contributed by atoms with Gasteiger partial charge in [-0.05, 0) is 54.5 Å². The number of amides is 3. The fraction of sp³-hybridized carbons (Fsp3) is 0.231. The van der Waals surface area contributed by atoms with E-state index in [1.807, 2.05) is 0 Å². The number of carbonyl (C=O) groups is 4. The summed E-state index contributed by atoms with van der Waals surface area (Å²) < 4.78 is 5.16. The lowest BCUT2D eigenvalue weighted by Crippen LogP contribution is -2.41. The first-order valence-electron chi connectivity index (χ1n) is 10.9. The molecule has 1 saturated heterocycles. The maximum atomic E-state index is 13.3. The predicted molar refractivity (Wildman–Crippen MR) is 131 cm³/mol. The Labute approximate surface area is 198 Å². The summed E-state index contributed by atoms with van der Waals surface area (Å²) in [5, 5.41) is 5.40. The molecule has 1 aliphatic rings. The second kappa shape index (κ2) is 11.1. The minimum atomic E-state index is -0.492. The average Bonchev–Trinajstić information content (AvgIpc) is 2.78. The van der Waals surface area contributed by atoms with Gasteiger partial charge in [-0.3, -0.25) is 19.3 Å². The van der Waals surface area contributed by atoms with Gasteiger partial charge < -0.3 is 15.4 Å². The molecule has 34 heavy (non-hydrogen) atoms. The molecule has 8 nitrogen and oxygen atoms in total. The standard InChI is InChI=1S/C26H27N3O5/c1-4-34-26(33)29-15-21(13-19-5-9-23(10-6-19)27-17(2)30)25(32)22(16-29)14-20-7-11-24(12-8-20)28-18(3)31/h5-14H,4,15-16H2,1-3H3,(H,27,30)(H,28,31)/b21-13-,22-14+. The SMILES string of the molecule is CCOC(=O)N1C/C(=C/c2ccc(NC(C)=O)cc2)C(=O)/C(=C/c2ccc(NC(C)=O)cc2)C1. The lowest BCUT2D eigenvalue weighted by molar-refractivity contribution is -0.115. The number of carbonyl (C=O) groups excluding carboxylic acids is 4. The molecule has 0 aromatic heterocycles. The van der Waals surface area contributed by atoms with Crippen LogP contribution in [0.25, 0.3) is 12.2 Å². The van der Waals surface area contributed by atoms with Gasteiger partial charge in [0.2, 0.25) is 11.8 Å². The number of ketones is 1. The zero-order valence-electron chi connectivity index (χ0n) is 19.4. The number of Topliss-reactive ketones (excluding diaryl/α,β-unsaturated/α-hetero) is 1. The Balaban J connectivity index is 1.90. The van der Waals surface area contributed by atoms with Crippen molar-refractivity contribution in [3.63, 3.8) is 0 Å². The Morgan fingerprint density at radius 1 is 0.824 bits per heavy atom. The molecule has 1 aliphatic heterocycles. The Morgan fingerprint density at radius 2 is 1.24 bits per heavy atom. The second-order valence-electron chi connectivity index (χ2n) is 7.83. The summed E-state index contributed by atoms with van der Waals surface area (Å²) in [5.74, 6) is -0.491. The van der Waals surface area contributed by atoms with Crippen LogP contribution in [0.4, 0.5) is 16.2 Å². The molecule has 0 saturated carbocycles. The van der Waals surface area contributed by atoms with Crippen LogP contribution in [0.3, 0.4) is 0 Å². The summed E-state index contributed by atoms with van der Waals surface area (Å²) in [5.41, 5.74) is 3.74. The maximum absolute atomic E-state index is 13.3. The van der Waals surface area contributed by atoms with Gasteiger partial charge in [0.1, 0.15) is 0 Å². The zero-order valence-corrected chi connectivity index (χ0v) is 19.4. The van der Waals surface area contributed by atoms with Crippen molar-refractivity contribution in [3.8, 4) is 0 Å². The highest BCUT2D eigenvalue weighted by molar-refractivity contribution is 6.15. The molecule has 0 radical (unpaired) electrons. The fourth-order valence-corrected chi connectivity index (χ4v) is 3.52. The molecule has 8 heteroatoms. The van der Waals surface area contributed by atoms with Crippen molar-refractivity contribution in [1.29, 1.82) is 0 Å². The summed E-state index contributed by atoms with van der Waals surface area (Å²) in [6.45, 7) is 5.09. The van der Waals surface area contributed by atoms with E-state index < -0.39 is 6.09 Å². The van der Waals surface area contributed by atoms with Gasteiger partial charge in [0, 0.05) is 36.4 Å². The van der Waals surface area contributed by atoms with Gasteiger partial charge in [0.25, 0.3) is 0 Å². The van der Waals surface area contributed by atoms with Crippen molar-refractivity contribution in [1.82, 2.24) is 4.90 Å². The Kier molecular flexibility index (Phi) is 7.97. The Morgan fingerprint density at radius 3 is 1.59 bits per heavy atom. The van der Waals surface area contributed by atoms with E-state index in [1.165, 1.54) is 18.7 Å². The molecule has 0 aliphatic carbocycles. The summed E-state index contributed by atoms with van der Waals surface area (Å²) in [4.78, 5) is 49.6. The van der Waals surface area contributed by atoms with Gasteiger partial charge in [0.05, 0.1) is 19.7 Å². The van der Waals surface area contributed by atoms with Crippen LogP contribution in [-0.4, -0.2) is 48.3 Å². The largest absolute Gasteiger partial charge is 0.450 e. The van der Waals surface area contributed by atoms with Crippen molar-refractivity contribution < 1.29 is 23.9 Å². The Hall–Kier alpha value is -4.20. The van der Waals surface area contributed by atoms with Crippen LogP contribution in [-0.2, 0) is 19.1 Å². The molecule has 1 fully saturated rings. The molecular weight excluding hydrogens is 434 g/mol. The molecule has 3 amide bonds. The lowest BCUT2D eigenvalue weighted by atomic mass is 9.94. The van der Waals surface area contributed by atoms with Crippen molar-refractivity contribution in [3.05, 3.63) is 70.8 Å².